The van der Waals surface area contributed by atoms with Crippen molar-refractivity contribution < 1.29 is 75.1 Å². The monoisotopic (exact) mass is 218 g/mol. The van der Waals surface area contributed by atoms with Crippen LogP contribution in [0.4, 0.5) is 0 Å². The SMILES string of the molecule is O=[P+](O)C(O)c1ccccc1.[H+].[Na+].[Na+]. The van der Waals surface area contributed by atoms with Crippen molar-refractivity contribution in [2.24, 2.45) is 0 Å². The van der Waals surface area contributed by atoms with E-state index in [4.69, 9.17) is 10.00 Å². The summed E-state index contributed by atoms with van der Waals surface area (Å²) in [5, 5.41) is 9.06. The summed E-state index contributed by atoms with van der Waals surface area (Å²) in [6.07, 6.45) is 0. The van der Waals surface area contributed by atoms with Crippen LogP contribution in [0.1, 0.15) is 12.8 Å². The zero-order valence-corrected chi connectivity index (χ0v) is 12.6. The van der Waals surface area contributed by atoms with Gasteiger partial charge in [0.15, 0.2) is 0 Å². The molecule has 2 N–H and O–H groups in total. The summed E-state index contributed by atoms with van der Waals surface area (Å²) in [6.45, 7) is 0. The summed E-state index contributed by atoms with van der Waals surface area (Å²) in [6, 6.07) is 8.40. The average Bonchev–Trinajstić information content (AvgIpc) is 2.05. The number of hydrogen-bond acceptors (Lipinski definition) is 2. The summed E-state index contributed by atoms with van der Waals surface area (Å²) in [4.78, 5) is 8.53. The Hall–Kier alpha value is 1.24. The first-order chi connectivity index (χ1) is 5.22. The van der Waals surface area contributed by atoms with Crippen LogP contribution in [-0.4, -0.2) is 10.00 Å². The van der Waals surface area contributed by atoms with Gasteiger partial charge in [0, 0.05) is 5.56 Å². The van der Waals surface area contributed by atoms with Crippen molar-refractivity contribution >= 4 is 8.03 Å². The molecule has 0 fully saturated rings. The third-order valence-electron chi connectivity index (χ3n) is 1.31. The van der Waals surface area contributed by atoms with Crippen LogP contribution < -0.4 is 59.1 Å². The van der Waals surface area contributed by atoms with Gasteiger partial charge in [0.2, 0.25) is 0 Å². The Kier molecular flexibility index (Phi) is 10.9. The van der Waals surface area contributed by atoms with Gasteiger partial charge in [0.1, 0.15) is 0 Å². The molecule has 0 saturated carbocycles. The summed E-state index contributed by atoms with van der Waals surface area (Å²) in [5.74, 6) is -1.26. The van der Waals surface area contributed by atoms with Crippen molar-refractivity contribution in [1.29, 1.82) is 0 Å². The van der Waals surface area contributed by atoms with E-state index in [1.807, 2.05) is 0 Å². The molecule has 0 heterocycles. The fraction of sp³-hybridized carbons (Fsp3) is 0.143. The minimum atomic E-state index is -2.53. The van der Waals surface area contributed by atoms with Gasteiger partial charge >= 0.3 is 74.4 Å². The van der Waals surface area contributed by atoms with Crippen molar-refractivity contribution in [2.75, 3.05) is 0 Å². The average molecular weight is 218 g/mol. The predicted octanol–water partition coefficient (Wildman–Crippen LogP) is -4.47. The molecule has 0 aliphatic heterocycles. The van der Waals surface area contributed by atoms with Crippen LogP contribution in [0.2, 0.25) is 0 Å². The van der Waals surface area contributed by atoms with Crippen molar-refractivity contribution in [3.05, 3.63) is 35.9 Å². The summed E-state index contributed by atoms with van der Waals surface area (Å²) < 4.78 is 10.4. The van der Waals surface area contributed by atoms with E-state index < -0.39 is 13.9 Å². The Morgan fingerprint density at radius 3 is 2.08 bits per heavy atom. The first kappa shape index (κ1) is 16.7. The van der Waals surface area contributed by atoms with Gasteiger partial charge in [-0.25, -0.2) is 0 Å². The van der Waals surface area contributed by atoms with E-state index in [0.717, 1.165) is 0 Å². The largest absolute Gasteiger partial charge is 1.00 e. The topological polar surface area (TPSA) is 57.5 Å². The van der Waals surface area contributed by atoms with Gasteiger partial charge in [0.25, 0.3) is 0 Å². The van der Waals surface area contributed by atoms with Crippen LogP contribution in [-0.2, 0) is 4.57 Å². The normalized spacial score (nSPS) is 12.0. The molecule has 2 unspecified atom stereocenters. The number of benzene rings is 1. The predicted molar refractivity (Wildman–Crippen MR) is 42.3 cm³/mol. The Balaban J connectivity index is -0.000000403. The van der Waals surface area contributed by atoms with E-state index in [2.05, 4.69) is 0 Å². The second-order valence-corrected chi connectivity index (χ2v) is 3.18. The molecular formula is C7H9Na2O3P+4. The molecule has 0 amide bonds. The van der Waals surface area contributed by atoms with Crippen molar-refractivity contribution in [3.8, 4) is 0 Å². The molecule has 0 aromatic heterocycles. The quantitative estimate of drug-likeness (QED) is 0.389. The molecule has 2 atom stereocenters. The van der Waals surface area contributed by atoms with Crippen molar-refractivity contribution in [2.45, 2.75) is 5.85 Å². The minimum absolute atomic E-state index is 0. The Morgan fingerprint density at radius 2 is 1.69 bits per heavy atom. The summed E-state index contributed by atoms with van der Waals surface area (Å²) in [5.41, 5.74) is 0.469. The van der Waals surface area contributed by atoms with Gasteiger partial charge in [-0.15, -0.1) is 0 Å². The van der Waals surface area contributed by atoms with E-state index in [1.165, 1.54) is 0 Å². The molecule has 1 aromatic rings. The molecular weight excluding hydrogens is 209 g/mol. The van der Waals surface area contributed by atoms with E-state index in [1.54, 1.807) is 30.3 Å². The van der Waals surface area contributed by atoms with Crippen molar-refractivity contribution in [1.82, 2.24) is 0 Å². The number of hydrogen-bond donors (Lipinski definition) is 2. The number of aliphatic hydroxyl groups is 1. The third-order valence-corrected chi connectivity index (χ3v) is 2.02. The van der Waals surface area contributed by atoms with Gasteiger partial charge in [-0.1, -0.05) is 30.3 Å². The van der Waals surface area contributed by atoms with E-state index in [-0.39, 0.29) is 60.5 Å². The maximum atomic E-state index is 10.4. The molecule has 58 valence electrons. The van der Waals surface area contributed by atoms with Gasteiger partial charge in [0.05, 0.1) is 0 Å². The molecule has 3 nitrogen and oxygen atoms in total. The van der Waals surface area contributed by atoms with Crippen LogP contribution >= 0.6 is 8.03 Å². The van der Waals surface area contributed by atoms with Gasteiger partial charge in [-0.2, -0.15) is 4.89 Å². The molecule has 13 heavy (non-hydrogen) atoms. The number of rotatable bonds is 2. The van der Waals surface area contributed by atoms with Crippen LogP contribution in [0, 0.1) is 0 Å². The summed E-state index contributed by atoms with van der Waals surface area (Å²) >= 11 is 0. The zero-order valence-electron chi connectivity index (χ0n) is 8.71. The van der Waals surface area contributed by atoms with E-state index in [9.17, 15) is 4.57 Å². The van der Waals surface area contributed by atoms with Crippen molar-refractivity contribution in [3.63, 3.8) is 0 Å². The van der Waals surface area contributed by atoms with Crippen LogP contribution in [0.15, 0.2) is 30.3 Å². The summed E-state index contributed by atoms with van der Waals surface area (Å²) in [7, 11) is -2.53. The maximum Gasteiger partial charge on any atom is 1.00 e. The van der Waals surface area contributed by atoms with Crippen LogP contribution in [0.5, 0.6) is 0 Å². The molecule has 1 aromatic carbocycles. The zero-order chi connectivity index (χ0) is 8.27. The molecule has 0 saturated heterocycles. The second-order valence-electron chi connectivity index (χ2n) is 2.09. The molecule has 0 spiro atoms. The standard InChI is InChI=1S/C7H7O3P.2Na/c8-7(11(9)10)6-4-2-1-3-5-6;;/h1-5,7-8H;;/q;2*+1/p+2. The third kappa shape index (κ3) is 5.63. The van der Waals surface area contributed by atoms with Gasteiger partial charge < -0.3 is 5.11 Å². The second kappa shape index (κ2) is 8.54. The molecule has 0 radical (unpaired) electrons. The molecule has 0 bridgehead atoms. The van der Waals surface area contributed by atoms with Gasteiger partial charge in [-0.05, 0) is 4.57 Å². The number of aliphatic hydroxyl groups excluding tert-OH is 1. The smallest absolute Gasteiger partial charge is 0.345 e. The van der Waals surface area contributed by atoms with Crippen LogP contribution in [0.25, 0.3) is 0 Å². The molecule has 0 aliphatic rings. The first-order valence-electron chi connectivity index (χ1n) is 3.10. The Labute approximate surface area is 123 Å². The fourth-order valence-corrected chi connectivity index (χ4v) is 1.18. The van der Waals surface area contributed by atoms with E-state index in [0.29, 0.717) is 5.56 Å². The van der Waals surface area contributed by atoms with Gasteiger partial charge in [-0.3, -0.25) is 0 Å². The maximum absolute atomic E-state index is 10.4. The first-order valence-corrected chi connectivity index (χ1v) is 4.38. The molecule has 0 aliphatic carbocycles. The Bertz CT molecular complexity index is 260. The molecule has 6 heteroatoms. The molecule has 1 rings (SSSR count). The minimum Gasteiger partial charge on any atom is -0.345 e. The van der Waals surface area contributed by atoms with Crippen LogP contribution in [0.3, 0.4) is 0 Å². The fourth-order valence-electron chi connectivity index (χ4n) is 0.753. The van der Waals surface area contributed by atoms with E-state index >= 15 is 0 Å². The Morgan fingerprint density at radius 1 is 1.23 bits per heavy atom.